The van der Waals surface area contributed by atoms with Gasteiger partial charge in [0, 0.05) is 12.0 Å². The molecular weight excluding hydrogens is 210 g/mol. The van der Waals surface area contributed by atoms with Crippen molar-refractivity contribution in [2.45, 2.75) is 43.6 Å². The van der Waals surface area contributed by atoms with Gasteiger partial charge in [0.1, 0.15) is 0 Å². The molecule has 0 bridgehead atoms. The summed E-state index contributed by atoms with van der Waals surface area (Å²) in [5.74, 6) is 0.477. The molecule has 2 nitrogen and oxygen atoms in total. The van der Waals surface area contributed by atoms with Crippen molar-refractivity contribution >= 4 is 0 Å². The number of hydrogen-bond donors (Lipinski definition) is 2. The molecule has 0 radical (unpaired) electrons. The van der Waals surface area contributed by atoms with Crippen molar-refractivity contribution in [3.63, 3.8) is 0 Å². The summed E-state index contributed by atoms with van der Waals surface area (Å²) in [4.78, 5) is 0. The van der Waals surface area contributed by atoms with E-state index in [1.807, 2.05) is 0 Å². The second kappa shape index (κ2) is 4.11. The van der Waals surface area contributed by atoms with Crippen LogP contribution >= 0.6 is 0 Å². The van der Waals surface area contributed by atoms with Gasteiger partial charge in [-0.05, 0) is 42.7 Å². The Morgan fingerprint density at radius 1 is 1.35 bits per heavy atom. The lowest BCUT2D eigenvalue weighted by Crippen LogP contribution is -2.49. The number of nitrogens with two attached hydrogens (primary N) is 1. The Labute approximate surface area is 103 Å². The third-order valence-electron chi connectivity index (χ3n) is 4.92. The molecule has 1 aromatic carbocycles. The molecule has 2 unspecified atom stereocenters. The lowest BCUT2D eigenvalue weighted by atomic mass is 9.66. The highest BCUT2D eigenvalue weighted by atomic mass is 16.3. The summed E-state index contributed by atoms with van der Waals surface area (Å²) in [6, 6.07) is 8.50. The van der Waals surface area contributed by atoms with Gasteiger partial charge in [-0.1, -0.05) is 30.7 Å². The van der Waals surface area contributed by atoms with Crippen LogP contribution in [0.2, 0.25) is 0 Å². The van der Waals surface area contributed by atoms with E-state index in [0.29, 0.717) is 12.5 Å². The molecular formula is C15H21NO. The van der Waals surface area contributed by atoms with E-state index in [1.54, 1.807) is 0 Å². The minimum absolute atomic E-state index is 0.165. The molecule has 2 heteroatoms. The molecule has 17 heavy (non-hydrogen) atoms. The largest absolute Gasteiger partial charge is 0.392 e. The SMILES string of the molecule is NCC1(C(O)C2CCC2)CCc2ccccc21. The van der Waals surface area contributed by atoms with E-state index < -0.39 is 0 Å². The van der Waals surface area contributed by atoms with Gasteiger partial charge in [0.05, 0.1) is 6.10 Å². The topological polar surface area (TPSA) is 46.2 Å². The highest BCUT2D eigenvalue weighted by Crippen LogP contribution is 2.46. The smallest absolute Gasteiger partial charge is 0.0677 e. The normalized spacial score (nSPS) is 29.8. The first-order valence-electron chi connectivity index (χ1n) is 6.74. The number of fused-ring (bicyclic) bond motifs is 1. The summed E-state index contributed by atoms with van der Waals surface area (Å²) >= 11 is 0. The van der Waals surface area contributed by atoms with Crippen LogP contribution in [0.5, 0.6) is 0 Å². The monoisotopic (exact) mass is 231 g/mol. The second-order valence-electron chi connectivity index (χ2n) is 5.65. The average Bonchev–Trinajstić information content (AvgIpc) is 2.66. The van der Waals surface area contributed by atoms with E-state index in [4.69, 9.17) is 5.73 Å². The lowest BCUT2D eigenvalue weighted by molar-refractivity contribution is -0.00129. The van der Waals surface area contributed by atoms with Crippen LogP contribution in [0.4, 0.5) is 0 Å². The van der Waals surface area contributed by atoms with Crippen LogP contribution < -0.4 is 5.73 Å². The van der Waals surface area contributed by atoms with Crippen LogP contribution in [0.15, 0.2) is 24.3 Å². The molecule has 2 atom stereocenters. The standard InChI is InChI=1S/C15H21NO/c16-10-15(14(17)12-5-3-6-12)9-8-11-4-1-2-7-13(11)15/h1-2,4,7,12,14,17H,3,5-6,8-10,16H2. The van der Waals surface area contributed by atoms with Crippen LogP contribution in [0, 0.1) is 5.92 Å². The molecule has 0 amide bonds. The van der Waals surface area contributed by atoms with Crippen molar-refractivity contribution in [1.29, 1.82) is 0 Å². The van der Waals surface area contributed by atoms with E-state index in [-0.39, 0.29) is 11.5 Å². The zero-order valence-corrected chi connectivity index (χ0v) is 10.2. The van der Waals surface area contributed by atoms with E-state index in [2.05, 4.69) is 24.3 Å². The van der Waals surface area contributed by atoms with E-state index in [1.165, 1.54) is 30.4 Å². The lowest BCUT2D eigenvalue weighted by Gasteiger charge is -2.42. The highest BCUT2D eigenvalue weighted by molar-refractivity contribution is 5.41. The van der Waals surface area contributed by atoms with Crippen LogP contribution in [0.1, 0.15) is 36.8 Å². The first-order valence-corrected chi connectivity index (χ1v) is 6.74. The van der Waals surface area contributed by atoms with Crippen molar-refractivity contribution in [3.05, 3.63) is 35.4 Å². The molecule has 0 aliphatic heterocycles. The number of aliphatic hydroxyl groups excluding tert-OH is 1. The van der Waals surface area contributed by atoms with Crippen LogP contribution in [-0.2, 0) is 11.8 Å². The minimum Gasteiger partial charge on any atom is -0.392 e. The molecule has 0 spiro atoms. The molecule has 3 rings (SSSR count). The summed E-state index contributed by atoms with van der Waals surface area (Å²) in [7, 11) is 0. The van der Waals surface area contributed by atoms with E-state index in [0.717, 1.165) is 12.8 Å². The molecule has 0 heterocycles. The summed E-state index contributed by atoms with van der Waals surface area (Å²) in [5, 5.41) is 10.7. The molecule has 92 valence electrons. The quantitative estimate of drug-likeness (QED) is 0.835. The maximum absolute atomic E-state index is 10.7. The maximum atomic E-state index is 10.7. The fourth-order valence-corrected chi connectivity index (χ4v) is 3.56. The number of aliphatic hydroxyl groups is 1. The van der Waals surface area contributed by atoms with Crippen LogP contribution in [-0.4, -0.2) is 17.8 Å². The van der Waals surface area contributed by atoms with Crippen LogP contribution in [0.3, 0.4) is 0 Å². The Kier molecular flexibility index (Phi) is 2.72. The highest BCUT2D eigenvalue weighted by Gasteiger charge is 2.47. The Morgan fingerprint density at radius 2 is 2.12 bits per heavy atom. The van der Waals surface area contributed by atoms with Gasteiger partial charge in [-0.3, -0.25) is 0 Å². The van der Waals surface area contributed by atoms with Gasteiger partial charge in [-0.15, -0.1) is 0 Å². The third kappa shape index (κ3) is 1.54. The second-order valence-corrected chi connectivity index (χ2v) is 5.65. The predicted octanol–water partition coefficient (Wildman–Crippen LogP) is 1.99. The molecule has 1 aromatic rings. The Balaban J connectivity index is 1.98. The molecule has 0 saturated heterocycles. The Morgan fingerprint density at radius 3 is 2.76 bits per heavy atom. The molecule has 3 N–H and O–H groups in total. The minimum atomic E-state index is -0.245. The van der Waals surface area contributed by atoms with E-state index >= 15 is 0 Å². The summed E-state index contributed by atoms with van der Waals surface area (Å²) < 4.78 is 0. The van der Waals surface area contributed by atoms with Gasteiger partial charge < -0.3 is 10.8 Å². The van der Waals surface area contributed by atoms with E-state index in [9.17, 15) is 5.11 Å². The number of hydrogen-bond acceptors (Lipinski definition) is 2. The van der Waals surface area contributed by atoms with Crippen molar-refractivity contribution in [2.75, 3.05) is 6.54 Å². The Hall–Kier alpha value is -0.860. The van der Waals surface area contributed by atoms with Gasteiger partial charge in [-0.2, -0.15) is 0 Å². The van der Waals surface area contributed by atoms with Gasteiger partial charge in [-0.25, -0.2) is 0 Å². The molecule has 2 aliphatic carbocycles. The fraction of sp³-hybridized carbons (Fsp3) is 0.600. The number of benzene rings is 1. The van der Waals surface area contributed by atoms with Gasteiger partial charge in [0.25, 0.3) is 0 Å². The Bertz CT molecular complexity index is 413. The summed E-state index contributed by atoms with van der Waals surface area (Å²) in [6.45, 7) is 0.571. The summed E-state index contributed by atoms with van der Waals surface area (Å²) in [6.07, 6.45) is 5.45. The van der Waals surface area contributed by atoms with Gasteiger partial charge >= 0.3 is 0 Å². The average molecular weight is 231 g/mol. The molecule has 2 aliphatic rings. The van der Waals surface area contributed by atoms with Crippen molar-refractivity contribution in [1.82, 2.24) is 0 Å². The van der Waals surface area contributed by atoms with Gasteiger partial charge in [0.15, 0.2) is 0 Å². The van der Waals surface area contributed by atoms with Crippen LogP contribution in [0.25, 0.3) is 0 Å². The van der Waals surface area contributed by atoms with Crippen molar-refractivity contribution in [3.8, 4) is 0 Å². The fourth-order valence-electron chi connectivity index (χ4n) is 3.56. The molecule has 1 saturated carbocycles. The number of aryl methyl sites for hydroxylation is 1. The zero-order valence-electron chi connectivity index (χ0n) is 10.2. The van der Waals surface area contributed by atoms with Crippen molar-refractivity contribution in [2.24, 2.45) is 11.7 Å². The van der Waals surface area contributed by atoms with Crippen molar-refractivity contribution < 1.29 is 5.11 Å². The summed E-state index contributed by atoms with van der Waals surface area (Å²) in [5.41, 5.74) is 8.57. The predicted molar refractivity (Wildman–Crippen MR) is 68.8 cm³/mol. The maximum Gasteiger partial charge on any atom is 0.0677 e. The van der Waals surface area contributed by atoms with Gasteiger partial charge in [0.2, 0.25) is 0 Å². The first kappa shape index (κ1) is 11.2. The number of rotatable bonds is 3. The molecule has 1 fully saturated rings. The third-order valence-corrected chi connectivity index (χ3v) is 4.92. The molecule has 0 aromatic heterocycles. The zero-order chi connectivity index (χ0) is 11.9. The first-order chi connectivity index (χ1) is 8.28.